The van der Waals surface area contributed by atoms with E-state index in [1.54, 1.807) is 30.5 Å². The van der Waals surface area contributed by atoms with Crippen LogP contribution in [0.5, 0.6) is 0 Å². The molecule has 0 aliphatic carbocycles. The number of halogens is 1. The van der Waals surface area contributed by atoms with Crippen LogP contribution in [0, 0.1) is 0 Å². The molecule has 2 heterocycles. The lowest BCUT2D eigenvalue weighted by atomic mass is 10.1. The molecular weight excluding hydrogens is 338 g/mol. The van der Waals surface area contributed by atoms with Crippen molar-refractivity contribution in [2.45, 2.75) is 12.5 Å². The Morgan fingerprint density at radius 3 is 2.67 bits per heavy atom. The number of nitrogens with zero attached hydrogens (tertiary/aromatic N) is 2. The Balaban J connectivity index is 2.12. The van der Waals surface area contributed by atoms with Gasteiger partial charge in [-0.3, -0.25) is 9.78 Å². The molecule has 6 nitrogen and oxygen atoms in total. The van der Waals surface area contributed by atoms with Crippen molar-refractivity contribution in [3.8, 4) is 0 Å². The summed E-state index contributed by atoms with van der Waals surface area (Å²) >= 11 is 3.26. The van der Waals surface area contributed by atoms with E-state index in [0.29, 0.717) is 15.7 Å². The summed E-state index contributed by atoms with van der Waals surface area (Å²) in [4.78, 5) is 31.2. The maximum atomic E-state index is 12.0. The summed E-state index contributed by atoms with van der Waals surface area (Å²) in [5.74, 6) is -1.58. The molecule has 0 unspecified atom stereocenters. The maximum Gasteiger partial charge on any atom is 0.326 e. The molecule has 1 atom stereocenters. The molecule has 0 saturated carbocycles. The molecule has 0 fully saturated rings. The standard InChI is InChI=1S/C14H12BrN3O3/c15-12-9(3-2-6-17-12)7-11(14(20)21)18-13(19)10-4-1-5-16-8-10/h1-6,8,11H,7H2,(H,18,19)(H,20,21)/t11-/m1/s1. The van der Waals surface area contributed by atoms with Crippen LogP contribution in [0.3, 0.4) is 0 Å². The lowest BCUT2D eigenvalue weighted by Gasteiger charge is -2.15. The summed E-state index contributed by atoms with van der Waals surface area (Å²) in [6.07, 6.45) is 4.65. The molecule has 2 aromatic heterocycles. The number of hydrogen-bond donors (Lipinski definition) is 2. The van der Waals surface area contributed by atoms with Crippen LogP contribution >= 0.6 is 15.9 Å². The fraction of sp³-hybridized carbons (Fsp3) is 0.143. The summed E-state index contributed by atoms with van der Waals surface area (Å²) in [6, 6.07) is 5.60. The number of carbonyl (C=O) groups is 2. The molecule has 7 heteroatoms. The van der Waals surface area contributed by atoms with Gasteiger partial charge in [0, 0.05) is 25.0 Å². The van der Waals surface area contributed by atoms with Gasteiger partial charge in [0.15, 0.2) is 0 Å². The van der Waals surface area contributed by atoms with Crippen LogP contribution in [-0.4, -0.2) is 33.0 Å². The molecule has 0 aliphatic rings. The number of carbonyl (C=O) groups excluding carboxylic acids is 1. The number of carboxylic acid groups (broad SMARTS) is 1. The highest BCUT2D eigenvalue weighted by atomic mass is 79.9. The Labute approximate surface area is 129 Å². The molecule has 2 N–H and O–H groups in total. The number of aliphatic carboxylic acids is 1. The first kappa shape index (κ1) is 15.1. The topological polar surface area (TPSA) is 92.2 Å². The van der Waals surface area contributed by atoms with E-state index in [9.17, 15) is 14.7 Å². The predicted molar refractivity (Wildman–Crippen MR) is 78.8 cm³/mol. The van der Waals surface area contributed by atoms with Crippen molar-refractivity contribution < 1.29 is 14.7 Å². The molecule has 2 rings (SSSR count). The summed E-state index contributed by atoms with van der Waals surface area (Å²) in [5.41, 5.74) is 1.02. The zero-order valence-corrected chi connectivity index (χ0v) is 12.4. The minimum Gasteiger partial charge on any atom is -0.480 e. The highest BCUT2D eigenvalue weighted by Gasteiger charge is 2.22. The Morgan fingerprint density at radius 2 is 2.05 bits per heavy atom. The number of rotatable bonds is 5. The van der Waals surface area contributed by atoms with Gasteiger partial charge in [0.2, 0.25) is 0 Å². The van der Waals surface area contributed by atoms with Crippen molar-refractivity contribution in [1.29, 1.82) is 0 Å². The van der Waals surface area contributed by atoms with Crippen LogP contribution in [0.15, 0.2) is 47.5 Å². The molecule has 108 valence electrons. The Morgan fingerprint density at radius 1 is 1.29 bits per heavy atom. The molecule has 1 amide bonds. The number of nitrogens with one attached hydrogen (secondary N) is 1. The number of pyridine rings is 2. The normalized spacial score (nSPS) is 11.7. The number of hydrogen-bond acceptors (Lipinski definition) is 4. The first-order valence-corrected chi connectivity index (χ1v) is 6.90. The van der Waals surface area contributed by atoms with Crippen LogP contribution in [0.25, 0.3) is 0 Å². The number of amides is 1. The van der Waals surface area contributed by atoms with Crippen molar-refractivity contribution in [1.82, 2.24) is 15.3 Å². The first-order chi connectivity index (χ1) is 10.1. The third kappa shape index (κ3) is 4.09. The van der Waals surface area contributed by atoms with Crippen molar-refractivity contribution in [2.24, 2.45) is 0 Å². The fourth-order valence-electron chi connectivity index (χ4n) is 1.73. The molecular formula is C14H12BrN3O3. The Bertz CT molecular complexity index is 649. The molecule has 0 saturated heterocycles. The van der Waals surface area contributed by atoms with Gasteiger partial charge < -0.3 is 10.4 Å². The van der Waals surface area contributed by atoms with Crippen LogP contribution in [-0.2, 0) is 11.2 Å². The molecule has 0 spiro atoms. The zero-order valence-electron chi connectivity index (χ0n) is 10.9. The van der Waals surface area contributed by atoms with Crippen molar-refractivity contribution in [3.05, 3.63) is 58.6 Å². The van der Waals surface area contributed by atoms with Crippen LogP contribution in [0.4, 0.5) is 0 Å². The molecule has 0 radical (unpaired) electrons. The second kappa shape index (κ2) is 6.94. The van der Waals surface area contributed by atoms with E-state index in [0.717, 1.165) is 0 Å². The van der Waals surface area contributed by atoms with Gasteiger partial charge >= 0.3 is 5.97 Å². The van der Waals surface area contributed by atoms with Gasteiger partial charge in [-0.05, 0) is 39.7 Å². The molecule has 0 aliphatic heterocycles. The van der Waals surface area contributed by atoms with E-state index in [1.165, 1.54) is 12.4 Å². The Kier molecular flexibility index (Phi) is 4.99. The third-order valence-corrected chi connectivity index (χ3v) is 3.50. The van der Waals surface area contributed by atoms with Gasteiger partial charge in [-0.25, -0.2) is 9.78 Å². The largest absolute Gasteiger partial charge is 0.480 e. The zero-order chi connectivity index (χ0) is 15.2. The highest BCUT2D eigenvalue weighted by Crippen LogP contribution is 2.15. The quantitative estimate of drug-likeness (QED) is 0.801. The van der Waals surface area contributed by atoms with E-state index in [4.69, 9.17) is 0 Å². The third-order valence-electron chi connectivity index (χ3n) is 2.79. The number of aromatic nitrogens is 2. The SMILES string of the molecule is O=C(N[C@H](Cc1cccnc1Br)C(=O)O)c1cccnc1. The van der Waals surface area contributed by atoms with Gasteiger partial charge in [0.05, 0.1) is 5.56 Å². The van der Waals surface area contributed by atoms with Gasteiger partial charge in [-0.15, -0.1) is 0 Å². The van der Waals surface area contributed by atoms with Crippen LogP contribution in [0.1, 0.15) is 15.9 Å². The van der Waals surface area contributed by atoms with Gasteiger partial charge in [-0.1, -0.05) is 6.07 Å². The number of carboxylic acids is 1. The monoisotopic (exact) mass is 349 g/mol. The highest BCUT2D eigenvalue weighted by molar-refractivity contribution is 9.10. The fourth-order valence-corrected chi connectivity index (χ4v) is 2.14. The van der Waals surface area contributed by atoms with E-state index < -0.39 is 17.9 Å². The van der Waals surface area contributed by atoms with Gasteiger partial charge in [0.25, 0.3) is 5.91 Å². The van der Waals surface area contributed by atoms with E-state index in [2.05, 4.69) is 31.2 Å². The van der Waals surface area contributed by atoms with Crippen molar-refractivity contribution in [2.75, 3.05) is 0 Å². The van der Waals surface area contributed by atoms with Crippen molar-refractivity contribution >= 4 is 27.8 Å². The summed E-state index contributed by atoms with van der Waals surface area (Å²) < 4.78 is 0.562. The predicted octanol–water partition coefficient (Wildman–Crippen LogP) is 1.66. The van der Waals surface area contributed by atoms with Gasteiger partial charge in [0.1, 0.15) is 10.6 Å². The molecule has 21 heavy (non-hydrogen) atoms. The van der Waals surface area contributed by atoms with E-state index in [1.807, 2.05) is 0 Å². The summed E-state index contributed by atoms with van der Waals surface area (Å²) in [5, 5.41) is 11.7. The smallest absolute Gasteiger partial charge is 0.326 e. The Hall–Kier alpha value is -2.28. The molecule has 0 bridgehead atoms. The van der Waals surface area contributed by atoms with Crippen LogP contribution in [0.2, 0.25) is 0 Å². The van der Waals surface area contributed by atoms with Crippen LogP contribution < -0.4 is 5.32 Å². The summed E-state index contributed by atoms with van der Waals surface area (Å²) in [6.45, 7) is 0. The maximum absolute atomic E-state index is 12.0. The van der Waals surface area contributed by atoms with E-state index >= 15 is 0 Å². The minimum atomic E-state index is -1.11. The molecule has 0 aromatic carbocycles. The first-order valence-electron chi connectivity index (χ1n) is 6.11. The lowest BCUT2D eigenvalue weighted by Crippen LogP contribution is -2.42. The molecule has 2 aromatic rings. The second-order valence-electron chi connectivity index (χ2n) is 4.26. The average molecular weight is 350 g/mol. The average Bonchev–Trinajstić information content (AvgIpc) is 2.49. The van der Waals surface area contributed by atoms with Crippen molar-refractivity contribution in [3.63, 3.8) is 0 Å². The lowest BCUT2D eigenvalue weighted by molar-refractivity contribution is -0.139. The second-order valence-corrected chi connectivity index (χ2v) is 5.01. The summed E-state index contributed by atoms with van der Waals surface area (Å²) in [7, 11) is 0. The van der Waals surface area contributed by atoms with Gasteiger partial charge in [-0.2, -0.15) is 0 Å². The minimum absolute atomic E-state index is 0.135. The van der Waals surface area contributed by atoms with E-state index in [-0.39, 0.29) is 6.42 Å².